The van der Waals surface area contributed by atoms with Gasteiger partial charge in [0.2, 0.25) is 0 Å². The maximum absolute atomic E-state index is 3.67. The van der Waals surface area contributed by atoms with Gasteiger partial charge in [-0.1, -0.05) is 26.0 Å². The number of anilines is 2. The number of allylic oxidation sites excluding steroid dienone is 1. The first-order chi connectivity index (χ1) is 9.69. The molecule has 1 aliphatic rings. The average Bonchev–Trinajstić information content (AvgIpc) is 2.31. The zero-order valence-electron chi connectivity index (χ0n) is 14.6. The Labute approximate surface area is 130 Å². The van der Waals surface area contributed by atoms with E-state index in [1.54, 1.807) is 0 Å². The molecule has 21 heavy (non-hydrogen) atoms. The van der Waals surface area contributed by atoms with Gasteiger partial charge in [0.1, 0.15) is 0 Å². The molecule has 116 valence electrons. The van der Waals surface area contributed by atoms with Crippen molar-refractivity contribution < 1.29 is 0 Å². The monoisotopic (exact) mass is 286 g/mol. The van der Waals surface area contributed by atoms with Gasteiger partial charge in [0.15, 0.2) is 0 Å². The molecule has 1 heterocycles. The molecule has 1 aliphatic heterocycles. The summed E-state index contributed by atoms with van der Waals surface area (Å²) in [5, 5.41) is 7.35. The molecule has 1 unspecified atom stereocenters. The highest BCUT2D eigenvalue weighted by atomic mass is 15.0. The molecule has 0 bridgehead atoms. The summed E-state index contributed by atoms with van der Waals surface area (Å²) in [7, 11) is 0. The Morgan fingerprint density at radius 3 is 2.43 bits per heavy atom. The third-order valence-electron chi connectivity index (χ3n) is 4.14. The molecule has 0 aromatic heterocycles. The van der Waals surface area contributed by atoms with Crippen LogP contribution in [0.2, 0.25) is 0 Å². The summed E-state index contributed by atoms with van der Waals surface area (Å²) in [6, 6.07) is 4.96. The standard InChI is InChI=1S/C19H30N2/c1-12(2)10-14(4)20-17-9-8-16-13(3)11-19(6,7)21-18(16)15(17)5/h8-9,11-12,14,20-21H,10H2,1-7H3. The molecular formula is C19H30N2. The van der Waals surface area contributed by atoms with E-state index >= 15 is 0 Å². The molecule has 0 saturated carbocycles. The van der Waals surface area contributed by atoms with E-state index < -0.39 is 0 Å². The number of hydrogen-bond acceptors (Lipinski definition) is 2. The summed E-state index contributed by atoms with van der Waals surface area (Å²) >= 11 is 0. The van der Waals surface area contributed by atoms with Crippen molar-refractivity contribution >= 4 is 16.9 Å². The lowest BCUT2D eigenvalue weighted by Gasteiger charge is -2.33. The number of fused-ring (bicyclic) bond motifs is 1. The summed E-state index contributed by atoms with van der Waals surface area (Å²) in [5.74, 6) is 0.715. The Bertz CT molecular complexity index is 553. The highest BCUT2D eigenvalue weighted by molar-refractivity contribution is 5.85. The lowest BCUT2D eigenvalue weighted by Crippen LogP contribution is -2.32. The van der Waals surface area contributed by atoms with Crippen LogP contribution in [0.3, 0.4) is 0 Å². The van der Waals surface area contributed by atoms with E-state index in [1.807, 2.05) is 0 Å². The Kier molecular flexibility index (Phi) is 4.36. The summed E-state index contributed by atoms with van der Waals surface area (Å²) in [6.07, 6.45) is 3.50. The zero-order valence-corrected chi connectivity index (χ0v) is 14.6. The van der Waals surface area contributed by atoms with Crippen LogP contribution in [-0.4, -0.2) is 11.6 Å². The average molecular weight is 286 g/mol. The van der Waals surface area contributed by atoms with Crippen LogP contribution in [0.5, 0.6) is 0 Å². The lowest BCUT2D eigenvalue weighted by atomic mass is 9.89. The number of nitrogens with one attached hydrogen (secondary N) is 2. The van der Waals surface area contributed by atoms with Gasteiger partial charge in [-0.2, -0.15) is 0 Å². The quantitative estimate of drug-likeness (QED) is 0.769. The van der Waals surface area contributed by atoms with E-state index in [-0.39, 0.29) is 5.54 Å². The molecule has 0 amide bonds. The Morgan fingerprint density at radius 2 is 1.81 bits per heavy atom. The summed E-state index contributed by atoms with van der Waals surface area (Å²) < 4.78 is 0. The molecule has 1 aromatic carbocycles. The van der Waals surface area contributed by atoms with Gasteiger partial charge in [-0.15, -0.1) is 0 Å². The largest absolute Gasteiger partial charge is 0.382 e. The summed E-state index contributed by atoms with van der Waals surface area (Å²) in [5.41, 5.74) is 6.56. The Morgan fingerprint density at radius 1 is 1.14 bits per heavy atom. The van der Waals surface area contributed by atoms with Crippen molar-refractivity contribution in [2.24, 2.45) is 5.92 Å². The maximum Gasteiger partial charge on any atom is 0.0506 e. The molecule has 2 rings (SSSR count). The lowest BCUT2D eigenvalue weighted by molar-refractivity contribution is 0.539. The second-order valence-corrected chi connectivity index (χ2v) is 7.51. The number of rotatable bonds is 4. The molecule has 0 fully saturated rings. The number of benzene rings is 1. The highest BCUT2D eigenvalue weighted by Crippen LogP contribution is 2.38. The molecule has 1 aromatic rings. The van der Waals surface area contributed by atoms with Gasteiger partial charge in [-0.05, 0) is 64.2 Å². The van der Waals surface area contributed by atoms with Gasteiger partial charge in [0, 0.05) is 23.0 Å². The second-order valence-electron chi connectivity index (χ2n) is 7.51. The van der Waals surface area contributed by atoms with Crippen LogP contribution in [0.4, 0.5) is 11.4 Å². The second kappa shape index (κ2) is 5.75. The van der Waals surface area contributed by atoms with Crippen LogP contribution in [0.15, 0.2) is 18.2 Å². The van der Waals surface area contributed by atoms with Crippen molar-refractivity contribution in [2.45, 2.75) is 66.5 Å². The minimum Gasteiger partial charge on any atom is -0.382 e. The normalized spacial score (nSPS) is 17.8. The van der Waals surface area contributed by atoms with Crippen molar-refractivity contribution in [1.29, 1.82) is 0 Å². The SMILES string of the molecule is CC1=CC(C)(C)Nc2c1ccc(NC(C)CC(C)C)c2C. The van der Waals surface area contributed by atoms with Gasteiger partial charge in [0.05, 0.1) is 5.54 Å². The topological polar surface area (TPSA) is 24.1 Å². The number of hydrogen-bond donors (Lipinski definition) is 2. The van der Waals surface area contributed by atoms with E-state index in [1.165, 1.54) is 34.5 Å². The van der Waals surface area contributed by atoms with E-state index in [2.05, 4.69) is 77.3 Å². The summed E-state index contributed by atoms with van der Waals surface area (Å²) in [4.78, 5) is 0. The molecule has 0 aliphatic carbocycles. The maximum atomic E-state index is 3.67. The molecule has 2 N–H and O–H groups in total. The van der Waals surface area contributed by atoms with E-state index in [0.717, 1.165) is 0 Å². The van der Waals surface area contributed by atoms with Crippen molar-refractivity contribution in [3.63, 3.8) is 0 Å². The van der Waals surface area contributed by atoms with Crippen LogP contribution < -0.4 is 10.6 Å². The molecule has 2 nitrogen and oxygen atoms in total. The molecule has 0 radical (unpaired) electrons. The van der Waals surface area contributed by atoms with Gasteiger partial charge in [-0.3, -0.25) is 0 Å². The molecule has 2 heteroatoms. The minimum atomic E-state index is 0.0179. The Balaban J connectivity index is 2.31. The van der Waals surface area contributed by atoms with Gasteiger partial charge >= 0.3 is 0 Å². The fourth-order valence-corrected chi connectivity index (χ4v) is 3.37. The van der Waals surface area contributed by atoms with Crippen molar-refractivity contribution in [3.8, 4) is 0 Å². The van der Waals surface area contributed by atoms with Crippen LogP contribution in [-0.2, 0) is 0 Å². The van der Waals surface area contributed by atoms with Crippen LogP contribution in [0, 0.1) is 12.8 Å². The first-order valence-electron chi connectivity index (χ1n) is 8.08. The van der Waals surface area contributed by atoms with Crippen LogP contribution in [0.25, 0.3) is 5.57 Å². The third kappa shape index (κ3) is 3.61. The van der Waals surface area contributed by atoms with E-state index in [4.69, 9.17) is 0 Å². The fourth-order valence-electron chi connectivity index (χ4n) is 3.37. The van der Waals surface area contributed by atoms with Crippen LogP contribution in [0.1, 0.15) is 59.1 Å². The molecule has 0 spiro atoms. The van der Waals surface area contributed by atoms with Gasteiger partial charge < -0.3 is 10.6 Å². The first-order valence-corrected chi connectivity index (χ1v) is 8.08. The smallest absolute Gasteiger partial charge is 0.0506 e. The minimum absolute atomic E-state index is 0.0179. The molecular weight excluding hydrogens is 256 g/mol. The first kappa shape index (κ1) is 15.9. The fraction of sp³-hybridized carbons (Fsp3) is 0.579. The predicted molar refractivity (Wildman–Crippen MR) is 95.1 cm³/mol. The third-order valence-corrected chi connectivity index (χ3v) is 4.14. The van der Waals surface area contributed by atoms with Crippen molar-refractivity contribution in [2.75, 3.05) is 10.6 Å². The molecule has 1 atom stereocenters. The predicted octanol–water partition coefficient (Wildman–Crippen LogP) is 5.45. The van der Waals surface area contributed by atoms with E-state index in [9.17, 15) is 0 Å². The van der Waals surface area contributed by atoms with Crippen LogP contribution >= 0.6 is 0 Å². The summed E-state index contributed by atoms with van der Waals surface area (Å²) in [6.45, 7) is 15.7. The van der Waals surface area contributed by atoms with Gasteiger partial charge in [0.25, 0.3) is 0 Å². The van der Waals surface area contributed by atoms with E-state index in [0.29, 0.717) is 12.0 Å². The Hall–Kier alpha value is -1.44. The van der Waals surface area contributed by atoms with Crippen molar-refractivity contribution in [3.05, 3.63) is 29.3 Å². The zero-order chi connectivity index (χ0) is 15.8. The van der Waals surface area contributed by atoms with Crippen molar-refractivity contribution in [1.82, 2.24) is 0 Å². The van der Waals surface area contributed by atoms with Gasteiger partial charge in [-0.25, -0.2) is 0 Å². The molecule has 0 saturated heterocycles. The highest BCUT2D eigenvalue weighted by Gasteiger charge is 2.24.